The van der Waals surface area contributed by atoms with Gasteiger partial charge in [0, 0.05) is 11.0 Å². The van der Waals surface area contributed by atoms with Crippen molar-refractivity contribution in [1.29, 1.82) is 0 Å². The van der Waals surface area contributed by atoms with Crippen LogP contribution in [0.25, 0.3) is 16.3 Å². The number of allylic oxidation sites excluding steroid dienone is 5. The lowest BCUT2D eigenvalue weighted by Crippen LogP contribution is -2.43. The number of Topliss-reactive ketones (excluding diaryl/α,β-unsaturated/α-hetero) is 1. The first-order valence-electron chi connectivity index (χ1n) is 9.95. The molecule has 2 aromatic rings. The molecule has 5 rings (SSSR count). The summed E-state index contributed by atoms with van der Waals surface area (Å²) in [5, 5.41) is 6.71. The molecule has 0 saturated carbocycles. The van der Waals surface area contributed by atoms with Crippen molar-refractivity contribution in [2.24, 2.45) is 5.92 Å². The van der Waals surface area contributed by atoms with Crippen molar-refractivity contribution in [2.75, 3.05) is 0 Å². The van der Waals surface area contributed by atoms with Crippen molar-refractivity contribution >= 4 is 37.9 Å². The van der Waals surface area contributed by atoms with Gasteiger partial charge in [-0.3, -0.25) is 9.59 Å². The third kappa shape index (κ3) is 3.61. The minimum atomic E-state index is -3.63. The molecule has 6 nitrogen and oxygen atoms in total. The number of fused-ring (bicyclic) bond motifs is 2. The van der Waals surface area contributed by atoms with Gasteiger partial charge in [0.25, 0.3) is 5.91 Å². The molecule has 1 aliphatic carbocycles. The van der Waals surface area contributed by atoms with E-state index in [9.17, 15) is 18.0 Å². The molecule has 1 saturated heterocycles. The molecule has 1 fully saturated rings. The predicted molar refractivity (Wildman–Crippen MR) is 117 cm³/mol. The number of ether oxygens (including phenoxy) is 1. The van der Waals surface area contributed by atoms with Crippen molar-refractivity contribution in [3.05, 3.63) is 88.5 Å². The van der Waals surface area contributed by atoms with Gasteiger partial charge >= 0.3 is 0 Å². The molecule has 2 aliphatic heterocycles. The number of carbonyl (C=O) groups excluding carboxylic acids is 2. The van der Waals surface area contributed by atoms with Crippen LogP contribution in [0.15, 0.2) is 83.0 Å². The van der Waals surface area contributed by atoms with E-state index in [1.807, 2.05) is 48.5 Å². The number of carbonyl (C=O) groups is 2. The highest BCUT2D eigenvalue weighted by Gasteiger charge is 2.38. The highest BCUT2D eigenvalue weighted by Crippen LogP contribution is 2.35. The lowest BCUT2D eigenvalue weighted by molar-refractivity contribution is -0.141. The molecule has 31 heavy (non-hydrogen) atoms. The Labute approximate surface area is 179 Å². The second-order valence-corrected chi connectivity index (χ2v) is 9.38. The Morgan fingerprint density at radius 2 is 1.87 bits per heavy atom. The van der Waals surface area contributed by atoms with Crippen LogP contribution in [-0.2, 0) is 24.2 Å². The Kier molecular flexibility index (Phi) is 4.63. The van der Waals surface area contributed by atoms with Gasteiger partial charge in [-0.2, -0.15) is 0 Å². The van der Waals surface area contributed by atoms with Gasteiger partial charge in [-0.25, -0.2) is 8.42 Å². The molecule has 7 heteroatoms. The van der Waals surface area contributed by atoms with E-state index in [0.717, 1.165) is 21.6 Å². The first kappa shape index (κ1) is 19.5. The summed E-state index contributed by atoms with van der Waals surface area (Å²) in [7, 11) is -3.63. The molecule has 1 N–H and O–H groups in total. The largest absolute Gasteiger partial charge is 0.484 e. The van der Waals surface area contributed by atoms with Gasteiger partial charge in [-0.05, 0) is 28.8 Å². The fourth-order valence-corrected chi connectivity index (χ4v) is 5.33. The lowest BCUT2D eigenvalue weighted by Gasteiger charge is -2.31. The predicted octanol–water partition coefficient (Wildman–Crippen LogP) is 3.38. The molecule has 0 bridgehead atoms. The fourth-order valence-electron chi connectivity index (χ4n) is 4.17. The number of ketones is 1. The number of benzene rings is 2. The summed E-state index contributed by atoms with van der Waals surface area (Å²) < 4.78 is 30.5. The molecule has 0 aromatic heterocycles. The van der Waals surface area contributed by atoms with Crippen molar-refractivity contribution < 1.29 is 22.7 Å². The fraction of sp³-hybridized carbons (Fsp3) is 0.167. The number of rotatable bonds is 3. The maximum absolute atomic E-state index is 12.9. The normalized spacial score (nSPS) is 24.0. The summed E-state index contributed by atoms with van der Waals surface area (Å²) in [5.74, 6) is -0.459. The Morgan fingerprint density at radius 3 is 2.74 bits per heavy atom. The van der Waals surface area contributed by atoms with Gasteiger partial charge in [0.15, 0.2) is 15.9 Å². The molecular weight excluding hydrogens is 414 g/mol. The molecule has 3 aliphatic rings. The van der Waals surface area contributed by atoms with E-state index in [-0.39, 0.29) is 23.8 Å². The third-order valence-corrected chi connectivity index (χ3v) is 6.78. The molecule has 2 heterocycles. The van der Waals surface area contributed by atoms with Crippen LogP contribution >= 0.6 is 0 Å². The third-order valence-electron chi connectivity index (χ3n) is 5.65. The quantitative estimate of drug-likeness (QED) is 0.802. The van der Waals surface area contributed by atoms with Crippen LogP contribution in [0.2, 0.25) is 0 Å². The molecule has 2 aromatic carbocycles. The molecule has 0 radical (unpaired) electrons. The Bertz CT molecular complexity index is 1340. The minimum Gasteiger partial charge on any atom is -0.484 e. The van der Waals surface area contributed by atoms with Crippen molar-refractivity contribution in [1.82, 2.24) is 5.32 Å². The summed E-state index contributed by atoms with van der Waals surface area (Å²) in [4.78, 5) is 25.4. The molecule has 0 spiro atoms. The number of hydrogen-bond acceptors (Lipinski definition) is 5. The van der Waals surface area contributed by atoms with Crippen molar-refractivity contribution in [3.63, 3.8) is 0 Å². The van der Waals surface area contributed by atoms with Crippen molar-refractivity contribution in [2.45, 2.75) is 18.9 Å². The van der Waals surface area contributed by atoms with Crippen molar-refractivity contribution in [3.8, 4) is 0 Å². The maximum atomic E-state index is 12.9. The summed E-state index contributed by atoms with van der Waals surface area (Å²) in [6, 6.07) is 13.2. The molecule has 2 unspecified atom stereocenters. The first-order chi connectivity index (χ1) is 14.9. The van der Waals surface area contributed by atoms with Gasteiger partial charge in [-0.15, -0.1) is 0 Å². The topological polar surface area (TPSA) is 89.5 Å². The average molecular weight is 433 g/mol. The zero-order valence-electron chi connectivity index (χ0n) is 16.4. The van der Waals surface area contributed by atoms with E-state index in [1.54, 1.807) is 12.2 Å². The van der Waals surface area contributed by atoms with Gasteiger partial charge < -0.3 is 10.1 Å². The van der Waals surface area contributed by atoms with E-state index in [0.29, 0.717) is 23.3 Å². The Morgan fingerprint density at radius 1 is 1.06 bits per heavy atom. The van der Waals surface area contributed by atoms with E-state index >= 15 is 0 Å². The number of nitrogens with one attached hydrogen (secondary N) is 1. The van der Waals surface area contributed by atoms with Gasteiger partial charge in [0.2, 0.25) is 0 Å². The number of sulfone groups is 1. The van der Waals surface area contributed by atoms with Crippen LogP contribution in [-0.4, -0.2) is 26.2 Å². The zero-order valence-corrected chi connectivity index (χ0v) is 17.3. The van der Waals surface area contributed by atoms with E-state index in [4.69, 9.17) is 4.74 Å². The highest BCUT2D eigenvalue weighted by molar-refractivity contribution is 7.97. The van der Waals surface area contributed by atoms with E-state index in [1.165, 1.54) is 0 Å². The average Bonchev–Trinajstić information content (AvgIpc) is 3.07. The lowest BCUT2D eigenvalue weighted by atomic mass is 9.88. The van der Waals surface area contributed by atoms with Crippen LogP contribution < -0.4 is 5.32 Å². The van der Waals surface area contributed by atoms with Crippen LogP contribution in [0.1, 0.15) is 18.4 Å². The molecular formula is C24H19NO5S. The summed E-state index contributed by atoms with van der Waals surface area (Å²) >= 11 is 0. The van der Waals surface area contributed by atoms with Crippen LogP contribution in [0.3, 0.4) is 0 Å². The first-order valence-corrected chi connectivity index (χ1v) is 11.6. The highest BCUT2D eigenvalue weighted by atomic mass is 32.2. The standard InChI is InChI=1S/C24H19NO5S/c26-21-12-23(30-22-11-4-3-9-18(21)22)24(27)25-20-14-31(28,29)13-19(20)17-10-5-7-15-6-1-2-8-16(15)17/h1-8,10-11,13-14,18,23H,9,12H2,(H,25,27). The molecule has 2 atom stereocenters. The van der Waals surface area contributed by atoms with E-state index in [2.05, 4.69) is 5.32 Å². The summed E-state index contributed by atoms with van der Waals surface area (Å²) in [6.45, 7) is 0. The Balaban J connectivity index is 1.45. The maximum Gasteiger partial charge on any atom is 0.265 e. The molecule has 1 amide bonds. The van der Waals surface area contributed by atoms with Gasteiger partial charge in [0.1, 0.15) is 11.5 Å². The summed E-state index contributed by atoms with van der Waals surface area (Å²) in [6.07, 6.45) is 4.91. The van der Waals surface area contributed by atoms with Gasteiger partial charge in [-0.1, -0.05) is 54.6 Å². The number of hydrogen-bond donors (Lipinski definition) is 1. The second kappa shape index (κ2) is 7.35. The van der Waals surface area contributed by atoms with E-state index < -0.39 is 21.8 Å². The second-order valence-electron chi connectivity index (χ2n) is 7.73. The monoisotopic (exact) mass is 433 g/mol. The van der Waals surface area contributed by atoms with Gasteiger partial charge in [0.05, 0.1) is 23.4 Å². The Hall–Kier alpha value is -3.45. The van der Waals surface area contributed by atoms with Crippen LogP contribution in [0.5, 0.6) is 0 Å². The molecule has 156 valence electrons. The smallest absolute Gasteiger partial charge is 0.265 e. The van der Waals surface area contributed by atoms with Crippen LogP contribution in [0.4, 0.5) is 0 Å². The number of amides is 1. The van der Waals surface area contributed by atoms with Crippen LogP contribution in [0, 0.1) is 5.92 Å². The zero-order chi connectivity index (χ0) is 21.6. The minimum absolute atomic E-state index is 0.0466. The SMILES string of the molecule is O=C(NC1=CS(=O)(=O)C=C1c1cccc2ccccc12)C1CC(=O)C2CC=CC=C2O1. The summed E-state index contributed by atoms with van der Waals surface area (Å²) in [5.41, 5.74) is 1.29.